The minimum Gasteiger partial charge on any atom is -0.444 e. The van der Waals surface area contributed by atoms with Crippen LogP contribution in [-0.4, -0.2) is 74.1 Å². The van der Waals surface area contributed by atoms with E-state index in [0.717, 1.165) is 68.7 Å². The lowest BCUT2D eigenvalue weighted by atomic mass is 9.80. The molecule has 2 saturated heterocycles. The van der Waals surface area contributed by atoms with Crippen LogP contribution in [0.15, 0.2) is 47.6 Å². The third kappa shape index (κ3) is 7.67. The van der Waals surface area contributed by atoms with Crippen LogP contribution in [0.3, 0.4) is 0 Å². The molecule has 1 unspecified atom stereocenters. The number of rotatable bonds is 6. The quantitative estimate of drug-likeness (QED) is 0.258. The van der Waals surface area contributed by atoms with E-state index in [1.165, 1.54) is 11.8 Å². The molecule has 3 aromatic rings. The Morgan fingerprint density at radius 1 is 0.977 bits per heavy atom. The normalized spacial score (nSPS) is 18.1. The van der Waals surface area contributed by atoms with Gasteiger partial charge < -0.3 is 14.5 Å². The molecule has 0 radical (unpaired) electrons. The average Bonchev–Trinajstić information content (AvgIpc) is 3.38. The molecule has 2 fully saturated rings. The van der Waals surface area contributed by atoms with Crippen molar-refractivity contribution in [3.63, 3.8) is 0 Å². The van der Waals surface area contributed by atoms with Crippen LogP contribution < -0.4 is 0 Å². The van der Waals surface area contributed by atoms with E-state index in [0.29, 0.717) is 32.9 Å². The van der Waals surface area contributed by atoms with Gasteiger partial charge >= 0.3 is 6.09 Å². The first kappa shape index (κ1) is 31.7. The molecule has 2 aliphatic heterocycles. The summed E-state index contributed by atoms with van der Waals surface area (Å²) in [5.41, 5.74) is 2.20. The molecule has 0 bridgehead atoms. The Morgan fingerprint density at radius 3 is 2.42 bits per heavy atom. The van der Waals surface area contributed by atoms with E-state index in [1.807, 2.05) is 72.4 Å². The monoisotopic (exact) mass is 643 g/mol. The minimum atomic E-state index is -0.495. The topological polar surface area (TPSA) is 80.6 Å². The predicted molar refractivity (Wildman–Crippen MR) is 172 cm³/mol. The number of thioether (sulfide) groups is 1. The number of hydrogen-bond donors (Lipinski definition) is 0. The number of aryl methyl sites for hydroxylation is 1. The molecule has 11 heteroatoms. The van der Waals surface area contributed by atoms with Gasteiger partial charge in [-0.15, -0.1) is 10.2 Å². The highest BCUT2D eigenvalue weighted by Gasteiger charge is 2.34. The Bertz CT molecular complexity index is 1470. The Labute approximate surface area is 268 Å². The van der Waals surface area contributed by atoms with Gasteiger partial charge in [0.05, 0.1) is 16.5 Å². The molecule has 2 amide bonds. The number of para-hydroxylation sites is 1. The molecular weight excluding hydrogens is 605 g/mol. The van der Waals surface area contributed by atoms with E-state index < -0.39 is 5.60 Å². The molecule has 2 aliphatic rings. The zero-order valence-electron chi connectivity index (χ0n) is 25.2. The second-order valence-corrected chi connectivity index (χ2v) is 14.2. The number of nitrogens with zero attached hydrogens (tertiary/aromatic N) is 5. The predicted octanol–water partition coefficient (Wildman–Crippen LogP) is 7.53. The lowest BCUT2D eigenvalue weighted by Crippen LogP contribution is -2.47. The van der Waals surface area contributed by atoms with E-state index in [4.69, 9.17) is 27.9 Å². The Kier molecular flexibility index (Phi) is 9.93. The van der Waals surface area contributed by atoms with Gasteiger partial charge in [-0.05, 0) is 95.0 Å². The van der Waals surface area contributed by atoms with Crippen LogP contribution in [0, 0.1) is 18.8 Å². The first-order valence-corrected chi connectivity index (χ1v) is 16.6. The zero-order valence-corrected chi connectivity index (χ0v) is 27.5. The van der Waals surface area contributed by atoms with E-state index >= 15 is 0 Å². The summed E-state index contributed by atoms with van der Waals surface area (Å²) in [6.45, 7) is 10.7. The minimum absolute atomic E-state index is 0.0906. The number of benzene rings is 2. The SMILES string of the molecule is Cc1ccccc1-n1c(SCC(=O)N2CCC(C3CCCN(C(=O)OC(C)(C)C)C3)CC2)nnc1-c1ccc(Cl)cc1Cl. The summed E-state index contributed by atoms with van der Waals surface area (Å²) in [6.07, 6.45) is 3.78. The Balaban J connectivity index is 1.22. The van der Waals surface area contributed by atoms with Crippen LogP contribution in [-0.2, 0) is 9.53 Å². The lowest BCUT2D eigenvalue weighted by molar-refractivity contribution is -0.130. The van der Waals surface area contributed by atoms with E-state index in [1.54, 1.807) is 12.1 Å². The average molecular weight is 645 g/mol. The number of halogens is 2. The van der Waals surface area contributed by atoms with E-state index in [9.17, 15) is 9.59 Å². The standard InChI is InChI=1S/C32H39Cl2N5O3S/c1-21-8-5-6-10-27(21)39-29(25-12-11-24(33)18-26(25)34)35-36-30(39)43-20-28(40)37-16-13-22(14-17-37)23-9-7-15-38(19-23)31(41)42-32(2,3)4/h5-6,8,10-12,18,22-23H,7,9,13-17,19-20H2,1-4H3. The summed E-state index contributed by atoms with van der Waals surface area (Å²) >= 11 is 14.1. The summed E-state index contributed by atoms with van der Waals surface area (Å²) in [4.78, 5) is 29.8. The molecule has 230 valence electrons. The fourth-order valence-corrected chi connectivity index (χ4v) is 7.31. The maximum Gasteiger partial charge on any atom is 0.410 e. The molecule has 3 heterocycles. The van der Waals surface area contributed by atoms with Gasteiger partial charge in [-0.1, -0.05) is 53.2 Å². The number of piperidine rings is 2. The molecule has 1 aromatic heterocycles. The van der Waals surface area contributed by atoms with Crippen molar-refractivity contribution in [1.82, 2.24) is 24.6 Å². The molecule has 0 saturated carbocycles. The highest BCUT2D eigenvalue weighted by molar-refractivity contribution is 7.99. The molecule has 2 aromatic carbocycles. The summed E-state index contributed by atoms with van der Waals surface area (Å²) in [6, 6.07) is 13.3. The fraction of sp³-hybridized carbons (Fsp3) is 0.500. The third-order valence-electron chi connectivity index (χ3n) is 8.16. The van der Waals surface area contributed by atoms with Gasteiger partial charge in [0.1, 0.15) is 5.60 Å². The maximum atomic E-state index is 13.4. The van der Waals surface area contributed by atoms with Gasteiger partial charge in [-0.3, -0.25) is 9.36 Å². The van der Waals surface area contributed by atoms with Crippen molar-refractivity contribution in [2.24, 2.45) is 11.8 Å². The van der Waals surface area contributed by atoms with Crippen molar-refractivity contribution < 1.29 is 14.3 Å². The summed E-state index contributed by atoms with van der Waals surface area (Å²) in [7, 11) is 0. The van der Waals surface area contributed by atoms with Crippen LogP contribution >= 0.6 is 35.0 Å². The number of aromatic nitrogens is 3. The number of carbonyl (C=O) groups is 2. The molecular formula is C32H39Cl2N5O3S. The molecule has 0 N–H and O–H groups in total. The summed E-state index contributed by atoms with van der Waals surface area (Å²) in [5, 5.41) is 10.6. The van der Waals surface area contributed by atoms with Gasteiger partial charge in [0, 0.05) is 36.8 Å². The van der Waals surface area contributed by atoms with Gasteiger partial charge in [-0.2, -0.15) is 0 Å². The molecule has 8 nitrogen and oxygen atoms in total. The first-order valence-electron chi connectivity index (χ1n) is 14.9. The largest absolute Gasteiger partial charge is 0.444 e. The highest BCUT2D eigenvalue weighted by Crippen LogP contribution is 2.35. The maximum absolute atomic E-state index is 13.4. The van der Waals surface area contributed by atoms with Crippen molar-refractivity contribution >= 4 is 47.0 Å². The molecule has 43 heavy (non-hydrogen) atoms. The van der Waals surface area contributed by atoms with Crippen LogP contribution in [0.2, 0.25) is 10.0 Å². The van der Waals surface area contributed by atoms with E-state index in [2.05, 4.69) is 10.2 Å². The molecule has 1 atom stereocenters. The first-order chi connectivity index (χ1) is 20.5. The molecule has 0 aliphatic carbocycles. The van der Waals surface area contributed by atoms with E-state index in [-0.39, 0.29) is 17.8 Å². The van der Waals surface area contributed by atoms with Gasteiger partial charge in [0.25, 0.3) is 0 Å². The third-order valence-corrected chi connectivity index (χ3v) is 9.62. The van der Waals surface area contributed by atoms with Crippen molar-refractivity contribution in [3.05, 3.63) is 58.1 Å². The van der Waals surface area contributed by atoms with Gasteiger partial charge in [0.15, 0.2) is 11.0 Å². The van der Waals surface area contributed by atoms with Crippen molar-refractivity contribution in [3.8, 4) is 17.1 Å². The van der Waals surface area contributed by atoms with Crippen LogP contribution in [0.5, 0.6) is 0 Å². The zero-order chi connectivity index (χ0) is 30.7. The van der Waals surface area contributed by atoms with Crippen LogP contribution in [0.1, 0.15) is 52.0 Å². The Hall–Kier alpha value is -2.75. The smallest absolute Gasteiger partial charge is 0.410 e. The number of likely N-dealkylation sites (tertiary alicyclic amines) is 2. The summed E-state index contributed by atoms with van der Waals surface area (Å²) < 4.78 is 7.58. The van der Waals surface area contributed by atoms with Crippen LogP contribution in [0.4, 0.5) is 4.79 Å². The number of amides is 2. The van der Waals surface area contributed by atoms with Gasteiger partial charge in [0.2, 0.25) is 5.91 Å². The number of hydrogen-bond acceptors (Lipinski definition) is 6. The van der Waals surface area contributed by atoms with Gasteiger partial charge in [-0.25, -0.2) is 4.79 Å². The second kappa shape index (κ2) is 13.5. The van der Waals surface area contributed by atoms with Crippen molar-refractivity contribution in [2.75, 3.05) is 31.9 Å². The number of carbonyl (C=O) groups excluding carboxylic acids is 2. The fourth-order valence-electron chi connectivity index (χ4n) is 5.97. The second-order valence-electron chi connectivity index (χ2n) is 12.4. The summed E-state index contributed by atoms with van der Waals surface area (Å²) in [5.74, 6) is 1.89. The Morgan fingerprint density at radius 2 is 1.72 bits per heavy atom. The van der Waals surface area contributed by atoms with Crippen molar-refractivity contribution in [2.45, 2.75) is 64.1 Å². The lowest BCUT2D eigenvalue weighted by Gasteiger charge is -2.41. The van der Waals surface area contributed by atoms with Crippen LogP contribution in [0.25, 0.3) is 17.1 Å². The highest BCUT2D eigenvalue weighted by atomic mass is 35.5. The molecule has 0 spiro atoms. The molecule has 5 rings (SSSR count). The number of ether oxygens (including phenoxy) is 1. The van der Waals surface area contributed by atoms with Crippen molar-refractivity contribution in [1.29, 1.82) is 0 Å².